The lowest BCUT2D eigenvalue weighted by Gasteiger charge is -2.10. The van der Waals surface area contributed by atoms with E-state index in [2.05, 4.69) is 5.32 Å². The minimum Gasteiger partial charge on any atom is -0.370 e. The summed E-state index contributed by atoms with van der Waals surface area (Å²) < 4.78 is 0. The zero-order chi connectivity index (χ0) is 7.56. The first kappa shape index (κ1) is 7.82. The van der Waals surface area contributed by atoms with Crippen LogP contribution < -0.4 is 11.1 Å². The van der Waals surface area contributed by atoms with Gasteiger partial charge in [0.2, 0.25) is 5.91 Å². The summed E-state index contributed by atoms with van der Waals surface area (Å²) in [6.45, 7) is 0.895. The molecule has 1 rings (SSSR count). The third kappa shape index (κ3) is 1.85. The minimum atomic E-state index is -0.287. The monoisotopic (exact) mass is 162 g/mol. The molecular formula is C6H11ClN2O. The number of alkyl halides is 1. The summed E-state index contributed by atoms with van der Waals surface area (Å²) in [5.74, 6) is -0.287. The van der Waals surface area contributed by atoms with Crippen molar-refractivity contribution in [3.8, 4) is 0 Å². The molecule has 1 saturated heterocycles. The number of primary amides is 1. The number of carbonyl (C=O) groups excluding carboxylic acids is 1. The largest absolute Gasteiger partial charge is 0.370 e. The molecule has 0 aromatic carbocycles. The minimum absolute atomic E-state index is 0.0764. The summed E-state index contributed by atoms with van der Waals surface area (Å²) >= 11 is 5.85. The first-order valence-electron chi connectivity index (χ1n) is 3.36. The molecule has 0 aliphatic carbocycles. The Hall–Kier alpha value is -0.280. The van der Waals surface area contributed by atoms with Crippen molar-refractivity contribution in [2.75, 3.05) is 6.54 Å². The molecule has 1 amide bonds. The topological polar surface area (TPSA) is 55.1 Å². The average molecular weight is 163 g/mol. The molecule has 1 unspecified atom stereocenters. The predicted octanol–water partition coefficient (Wildman–Crippen LogP) is -0.169. The van der Waals surface area contributed by atoms with Crippen molar-refractivity contribution in [3.05, 3.63) is 0 Å². The van der Waals surface area contributed by atoms with Gasteiger partial charge < -0.3 is 11.1 Å². The van der Waals surface area contributed by atoms with Gasteiger partial charge in [-0.2, -0.15) is 0 Å². The highest BCUT2D eigenvalue weighted by atomic mass is 35.5. The van der Waals surface area contributed by atoms with Gasteiger partial charge in [0.15, 0.2) is 0 Å². The van der Waals surface area contributed by atoms with Crippen LogP contribution in [-0.2, 0) is 4.79 Å². The molecule has 0 radical (unpaired) electrons. The predicted molar refractivity (Wildman–Crippen MR) is 39.9 cm³/mol. The fourth-order valence-electron chi connectivity index (χ4n) is 1.15. The Morgan fingerprint density at radius 2 is 2.50 bits per heavy atom. The van der Waals surface area contributed by atoms with E-state index in [1.807, 2.05) is 0 Å². The highest BCUT2D eigenvalue weighted by molar-refractivity contribution is 6.21. The zero-order valence-electron chi connectivity index (χ0n) is 5.64. The number of hydrogen-bond donors (Lipinski definition) is 2. The van der Waals surface area contributed by atoms with Crippen molar-refractivity contribution in [2.45, 2.75) is 24.3 Å². The molecule has 0 bridgehead atoms. The van der Waals surface area contributed by atoms with Crippen LogP contribution in [0.2, 0.25) is 0 Å². The molecule has 1 heterocycles. The Bertz CT molecular complexity index is 140. The van der Waals surface area contributed by atoms with Crippen LogP contribution in [0, 0.1) is 0 Å². The second-order valence-electron chi connectivity index (χ2n) is 2.54. The van der Waals surface area contributed by atoms with Gasteiger partial charge in [0, 0.05) is 12.5 Å². The number of nitrogens with one attached hydrogen (secondary N) is 1. The summed E-state index contributed by atoms with van der Waals surface area (Å²) in [5.41, 5.74) is 5.00. The Morgan fingerprint density at radius 1 is 1.80 bits per heavy atom. The molecule has 0 saturated carbocycles. The van der Waals surface area contributed by atoms with E-state index in [0.717, 1.165) is 13.0 Å². The summed E-state index contributed by atoms with van der Waals surface area (Å²) in [5, 5.41) is 3.18. The number of halogens is 1. The van der Waals surface area contributed by atoms with E-state index >= 15 is 0 Å². The maximum atomic E-state index is 10.4. The van der Waals surface area contributed by atoms with Crippen LogP contribution in [0.3, 0.4) is 0 Å². The van der Waals surface area contributed by atoms with Gasteiger partial charge in [0.05, 0.1) is 5.38 Å². The van der Waals surface area contributed by atoms with Crippen molar-refractivity contribution in [1.82, 2.24) is 5.32 Å². The lowest BCUT2D eigenvalue weighted by atomic mass is 10.1. The first-order valence-corrected chi connectivity index (χ1v) is 3.79. The van der Waals surface area contributed by atoms with Crippen LogP contribution in [0.25, 0.3) is 0 Å². The van der Waals surface area contributed by atoms with Gasteiger partial charge in [0.1, 0.15) is 0 Å². The molecule has 0 aromatic heterocycles. The van der Waals surface area contributed by atoms with E-state index in [1.165, 1.54) is 0 Å². The van der Waals surface area contributed by atoms with E-state index in [4.69, 9.17) is 17.3 Å². The summed E-state index contributed by atoms with van der Waals surface area (Å²) in [7, 11) is 0. The van der Waals surface area contributed by atoms with Crippen LogP contribution in [0.1, 0.15) is 12.8 Å². The first-order chi connectivity index (χ1) is 4.70. The average Bonchev–Trinajstić information content (AvgIpc) is 2.15. The van der Waals surface area contributed by atoms with Crippen LogP contribution in [0.5, 0.6) is 0 Å². The zero-order valence-corrected chi connectivity index (χ0v) is 6.40. The van der Waals surface area contributed by atoms with Gasteiger partial charge in [0.25, 0.3) is 0 Å². The fraction of sp³-hybridized carbons (Fsp3) is 0.833. The van der Waals surface area contributed by atoms with E-state index in [1.54, 1.807) is 0 Å². The van der Waals surface area contributed by atoms with Crippen LogP contribution in [0.15, 0.2) is 0 Å². The SMILES string of the molecule is NC(=O)CC1NCC[C@H]1Cl. The second kappa shape index (κ2) is 3.21. The van der Waals surface area contributed by atoms with Gasteiger partial charge in [-0.3, -0.25) is 4.79 Å². The highest BCUT2D eigenvalue weighted by Gasteiger charge is 2.25. The lowest BCUT2D eigenvalue weighted by molar-refractivity contribution is -0.118. The quantitative estimate of drug-likeness (QED) is 0.554. The molecule has 4 heteroatoms. The molecule has 1 aliphatic rings. The highest BCUT2D eigenvalue weighted by Crippen LogP contribution is 2.15. The number of hydrogen-bond acceptors (Lipinski definition) is 2. The Labute approximate surface area is 64.9 Å². The van der Waals surface area contributed by atoms with E-state index in [0.29, 0.717) is 6.42 Å². The van der Waals surface area contributed by atoms with Crippen LogP contribution in [0.4, 0.5) is 0 Å². The van der Waals surface area contributed by atoms with E-state index < -0.39 is 0 Å². The van der Waals surface area contributed by atoms with Crippen LogP contribution >= 0.6 is 11.6 Å². The molecule has 0 aromatic rings. The molecule has 10 heavy (non-hydrogen) atoms. The van der Waals surface area contributed by atoms with Crippen molar-refractivity contribution >= 4 is 17.5 Å². The number of nitrogens with two attached hydrogens (primary N) is 1. The van der Waals surface area contributed by atoms with Crippen molar-refractivity contribution in [3.63, 3.8) is 0 Å². The third-order valence-corrected chi connectivity index (χ3v) is 2.21. The molecule has 3 nitrogen and oxygen atoms in total. The van der Waals surface area contributed by atoms with Gasteiger partial charge >= 0.3 is 0 Å². The molecular weight excluding hydrogens is 152 g/mol. The van der Waals surface area contributed by atoms with Crippen molar-refractivity contribution in [1.29, 1.82) is 0 Å². The molecule has 1 fully saturated rings. The number of amides is 1. The summed E-state index contributed by atoms with van der Waals surface area (Å²) in [6, 6.07) is 0.0965. The lowest BCUT2D eigenvalue weighted by Crippen LogP contribution is -2.32. The van der Waals surface area contributed by atoms with E-state index in [-0.39, 0.29) is 17.3 Å². The van der Waals surface area contributed by atoms with Gasteiger partial charge in [-0.25, -0.2) is 0 Å². The third-order valence-electron chi connectivity index (χ3n) is 1.68. The van der Waals surface area contributed by atoms with Gasteiger partial charge in [-0.1, -0.05) is 0 Å². The standard InChI is InChI=1S/C6H11ClN2O/c7-4-1-2-9-5(4)3-6(8)10/h4-5,9H,1-3H2,(H2,8,10)/t4-,5?/m1/s1. The van der Waals surface area contributed by atoms with Crippen molar-refractivity contribution in [2.24, 2.45) is 5.73 Å². The second-order valence-corrected chi connectivity index (χ2v) is 3.10. The van der Waals surface area contributed by atoms with E-state index in [9.17, 15) is 4.79 Å². The van der Waals surface area contributed by atoms with Crippen LogP contribution in [-0.4, -0.2) is 23.9 Å². The fourth-order valence-corrected chi connectivity index (χ4v) is 1.44. The molecule has 1 aliphatic heterocycles. The number of rotatable bonds is 2. The maximum Gasteiger partial charge on any atom is 0.219 e. The molecule has 3 N–H and O–H groups in total. The molecule has 2 atom stereocenters. The van der Waals surface area contributed by atoms with Gasteiger partial charge in [-0.15, -0.1) is 11.6 Å². The summed E-state index contributed by atoms with van der Waals surface area (Å²) in [4.78, 5) is 10.4. The maximum absolute atomic E-state index is 10.4. The Kier molecular flexibility index (Phi) is 2.51. The smallest absolute Gasteiger partial charge is 0.219 e. The number of carbonyl (C=O) groups is 1. The normalized spacial score (nSPS) is 32.5. The Morgan fingerprint density at radius 3 is 2.90 bits per heavy atom. The van der Waals surface area contributed by atoms with Gasteiger partial charge in [-0.05, 0) is 13.0 Å². The summed E-state index contributed by atoms with van der Waals surface area (Å²) in [6.07, 6.45) is 1.29. The molecule has 58 valence electrons. The Balaban J connectivity index is 2.33. The molecule has 0 spiro atoms. The van der Waals surface area contributed by atoms with Crippen molar-refractivity contribution < 1.29 is 4.79 Å².